The highest BCUT2D eigenvalue weighted by Crippen LogP contribution is 2.26. The molecule has 0 aromatic carbocycles. The van der Waals surface area contributed by atoms with E-state index in [0.29, 0.717) is 11.6 Å². The van der Waals surface area contributed by atoms with Crippen molar-refractivity contribution >= 4 is 5.78 Å². The first-order chi connectivity index (χ1) is 8.83. The van der Waals surface area contributed by atoms with Gasteiger partial charge in [0.15, 0.2) is 11.5 Å². The summed E-state index contributed by atoms with van der Waals surface area (Å²) in [6.45, 7) is 0. The quantitative estimate of drug-likeness (QED) is 0.771. The zero-order chi connectivity index (χ0) is 12.8. The lowest BCUT2D eigenvalue weighted by Gasteiger charge is -2.18. The van der Waals surface area contributed by atoms with Crippen LogP contribution in [0.4, 0.5) is 0 Å². The SMILES string of the molecule is COc1nccnc1C(=O)C1CCCCCCC1. The third-order valence-electron chi connectivity index (χ3n) is 3.57. The molecule has 1 fully saturated rings. The minimum Gasteiger partial charge on any atom is -0.479 e. The van der Waals surface area contributed by atoms with E-state index < -0.39 is 0 Å². The molecule has 0 spiro atoms. The molecule has 0 bridgehead atoms. The molecule has 4 heteroatoms. The molecular weight excluding hydrogens is 228 g/mol. The number of methoxy groups -OCH3 is 1. The number of carbonyl (C=O) groups excluding carboxylic acids is 1. The summed E-state index contributed by atoms with van der Waals surface area (Å²) in [4.78, 5) is 20.7. The number of rotatable bonds is 3. The average Bonchev–Trinajstić information content (AvgIpc) is 2.37. The summed E-state index contributed by atoms with van der Waals surface area (Å²) in [5, 5.41) is 0. The summed E-state index contributed by atoms with van der Waals surface area (Å²) >= 11 is 0. The van der Waals surface area contributed by atoms with E-state index in [0.717, 1.165) is 25.7 Å². The van der Waals surface area contributed by atoms with Crippen molar-refractivity contribution in [2.24, 2.45) is 5.92 Å². The molecule has 1 heterocycles. The minimum absolute atomic E-state index is 0.0934. The number of aromatic nitrogens is 2. The van der Waals surface area contributed by atoms with Crippen molar-refractivity contribution in [3.05, 3.63) is 18.1 Å². The average molecular weight is 248 g/mol. The molecule has 1 aromatic rings. The predicted molar refractivity (Wildman–Crippen MR) is 68.7 cm³/mol. The van der Waals surface area contributed by atoms with E-state index in [1.54, 1.807) is 12.4 Å². The van der Waals surface area contributed by atoms with E-state index in [1.165, 1.54) is 26.4 Å². The van der Waals surface area contributed by atoms with Gasteiger partial charge in [0.1, 0.15) is 0 Å². The monoisotopic (exact) mass is 248 g/mol. The molecule has 4 nitrogen and oxygen atoms in total. The molecule has 0 N–H and O–H groups in total. The van der Waals surface area contributed by atoms with Gasteiger partial charge in [0.25, 0.3) is 0 Å². The molecule has 1 aliphatic rings. The maximum absolute atomic E-state index is 12.5. The second kappa shape index (κ2) is 6.47. The lowest BCUT2D eigenvalue weighted by Crippen LogP contribution is -2.18. The van der Waals surface area contributed by atoms with Crippen molar-refractivity contribution in [3.8, 4) is 5.88 Å². The first kappa shape index (κ1) is 13.0. The number of nitrogens with zero attached hydrogens (tertiary/aromatic N) is 2. The summed E-state index contributed by atoms with van der Waals surface area (Å²) in [7, 11) is 1.53. The van der Waals surface area contributed by atoms with Crippen LogP contribution in [0, 0.1) is 5.92 Å². The van der Waals surface area contributed by atoms with Gasteiger partial charge in [-0.05, 0) is 12.8 Å². The van der Waals surface area contributed by atoms with E-state index in [4.69, 9.17) is 4.74 Å². The summed E-state index contributed by atoms with van der Waals surface area (Å²) in [5.41, 5.74) is 0.394. The summed E-state index contributed by atoms with van der Waals surface area (Å²) in [6.07, 6.45) is 11.1. The van der Waals surface area contributed by atoms with Crippen LogP contribution in [0.5, 0.6) is 5.88 Å². The molecule has 0 amide bonds. The smallest absolute Gasteiger partial charge is 0.243 e. The highest BCUT2D eigenvalue weighted by Gasteiger charge is 2.25. The standard InChI is InChI=1S/C14H20N2O2/c1-18-14-12(15-9-10-16-14)13(17)11-7-5-3-2-4-6-8-11/h9-11H,2-8H2,1H3. The number of carbonyl (C=O) groups is 1. The maximum atomic E-state index is 12.5. The van der Waals surface area contributed by atoms with Gasteiger partial charge in [0.05, 0.1) is 7.11 Å². The van der Waals surface area contributed by atoms with Gasteiger partial charge < -0.3 is 4.74 Å². The second-order valence-corrected chi connectivity index (χ2v) is 4.82. The van der Waals surface area contributed by atoms with Crippen molar-refractivity contribution < 1.29 is 9.53 Å². The molecule has 0 atom stereocenters. The van der Waals surface area contributed by atoms with Gasteiger partial charge in [0, 0.05) is 18.3 Å². The summed E-state index contributed by atoms with van der Waals surface area (Å²) in [6, 6.07) is 0. The van der Waals surface area contributed by atoms with Crippen LogP contribution >= 0.6 is 0 Å². The zero-order valence-corrected chi connectivity index (χ0v) is 10.9. The Morgan fingerprint density at radius 2 is 1.72 bits per heavy atom. The zero-order valence-electron chi connectivity index (χ0n) is 10.9. The molecule has 1 aromatic heterocycles. The van der Waals surface area contributed by atoms with Crippen molar-refractivity contribution in [3.63, 3.8) is 0 Å². The molecule has 0 radical (unpaired) electrons. The molecule has 98 valence electrons. The van der Waals surface area contributed by atoms with E-state index >= 15 is 0 Å². The van der Waals surface area contributed by atoms with Crippen LogP contribution in [-0.4, -0.2) is 22.9 Å². The first-order valence-electron chi connectivity index (χ1n) is 6.72. The lowest BCUT2D eigenvalue weighted by molar-refractivity contribution is 0.0888. The van der Waals surface area contributed by atoms with Crippen LogP contribution < -0.4 is 4.74 Å². The van der Waals surface area contributed by atoms with Gasteiger partial charge in [0.2, 0.25) is 5.88 Å². The van der Waals surface area contributed by atoms with Gasteiger partial charge in [-0.1, -0.05) is 32.1 Å². The third-order valence-corrected chi connectivity index (χ3v) is 3.57. The van der Waals surface area contributed by atoms with Gasteiger partial charge in [-0.2, -0.15) is 0 Å². The van der Waals surface area contributed by atoms with E-state index in [1.807, 2.05) is 0 Å². The Balaban J connectivity index is 2.13. The third kappa shape index (κ3) is 3.06. The van der Waals surface area contributed by atoms with Crippen LogP contribution in [0.3, 0.4) is 0 Å². The van der Waals surface area contributed by atoms with Gasteiger partial charge >= 0.3 is 0 Å². The van der Waals surface area contributed by atoms with Crippen LogP contribution in [0.15, 0.2) is 12.4 Å². The molecule has 1 saturated carbocycles. The van der Waals surface area contributed by atoms with E-state index in [9.17, 15) is 4.79 Å². The maximum Gasteiger partial charge on any atom is 0.243 e. The highest BCUT2D eigenvalue weighted by molar-refractivity contribution is 5.97. The van der Waals surface area contributed by atoms with Gasteiger partial charge in [-0.15, -0.1) is 0 Å². The highest BCUT2D eigenvalue weighted by atomic mass is 16.5. The fourth-order valence-corrected chi connectivity index (χ4v) is 2.56. The number of ketones is 1. The Bertz CT molecular complexity index is 399. The van der Waals surface area contributed by atoms with Crippen LogP contribution in [0.25, 0.3) is 0 Å². The number of ether oxygens (including phenoxy) is 1. The second-order valence-electron chi connectivity index (χ2n) is 4.82. The topological polar surface area (TPSA) is 52.1 Å². The van der Waals surface area contributed by atoms with Crippen LogP contribution in [-0.2, 0) is 0 Å². The largest absolute Gasteiger partial charge is 0.479 e. The predicted octanol–water partition coefficient (Wildman–Crippen LogP) is 3.03. The number of hydrogen-bond acceptors (Lipinski definition) is 4. The van der Waals surface area contributed by atoms with Crippen molar-refractivity contribution in [2.45, 2.75) is 44.9 Å². The minimum atomic E-state index is 0.0934. The Morgan fingerprint density at radius 3 is 2.39 bits per heavy atom. The van der Waals surface area contributed by atoms with E-state index in [-0.39, 0.29) is 11.7 Å². The van der Waals surface area contributed by atoms with Crippen molar-refractivity contribution in [1.29, 1.82) is 0 Å². The van der Waals surface area contributed by atoms with Gasteiger partial charge in [-0.3, -0.25) is 4.79 Å². The fraction of sp³-hybridized carbons (Fsp3) is 0.643. The summed E-state index contributed by atoms with van der Waals surface area (Å²) < 4.78 is 5.12. The Kier molecular flexibility index (Phi) is 4.67. The van der Waals surface area contributed by atoms with Crippen LogP contribution in [0.1, 0.15) is 55.4 Å². The van der Waals surface area contributed by atoms with Crippen molar-refractivity contribution in [1.82, 2.24) is 9.97 Å². The molecule has 0 unspecified atom stereocenters. The Morgan fingerprint density at radius 1 is 1.11 bits per heavy atom. The normalized spacial score (nSPS) is 17.8. The van der Waals surface area contributed by atoms with Gasteiger partial charge in [-0.25, -0.2) is 9.97 Å². The first-order valence-corrected chi connectivity index (χ1v) is 6.72. The summed E-state index contributed by atoms with van der Waals surface area (Å²) in [5.74, 6) is 0.544. The molecule has 1 aliphatic carbocycles. The Hall–Kier alpha value is -1.45. The Labute approximate surface area is 108 Å². The molecule has 2 rings (SSSR count). The van der Waals surface area contributed by atoms with E-state index in [2.05, 4.69) is 9.97 Å². The lowest BCUT2D eigenvalue weighted by atomic mass is 9.87. The molecule has 0 aliphatic heterocycles. The number of hydrogen-bond donors (Lipinski definition) is 0. The fourth-order valence-electron chi connectivity index (χ4n) is 2.56. The van der Waals surface area contributed by atoms with Crippen LogP contribution in [0.2, 0.25) is 0 Å². The molecular formula is C14H20N2O2. The molecule has 18 heavy (non-hydrogen) atoms. The number of Topliss-reactive ketones (excluding diaryl/α,β-unsaturated/α-hetero) is 1. The van der Waals surface area contributed by atoms with Crippen molar-refractivity contribution in [2.75, 3.05) is 7.11 Å². The molecule has 0 saturated heterocycles.